The van der Waals surface area contributed by atoms with Crippen molar-refractivity contribution in [1.29, 1.82) is 0 Å². The predicted molar refractivity (Wildman–Crippen MR) is 90.9 cm³/mol. The zero-order chi connectivity index (χ0) is 15.6. The molecule has 1 fully saturated rings. The van der Waals surface area contributed by atoms with Gasteiger partial charge in [-0.3, -0.25) is 4.21 Å². The Balaban J connectivity index is 2.05. The van der Waals surface area contributed by atoms with Crippen LogP contribution in [0.25, 0.3) is 0 Å². The second kappa shape index (κ2) is 6.58. The van der Waals surface area contributed by atoms with Gasteiger partial charge in [-0.25, -0.2) is 4.79 Å². The Morgan fingerprint density at radius 1 is 1.48 bits per heavy atom. The van der Waals surface area contributed by atoms with Crippen LogP contribution in [0.5, 0.6) is 0 Å². The molecule has 21 heavy (non-hydrogen) atoms. The minimum Gasteiger partial charge on any atom is -0.322 e. The van der Waals surface area contributed by atoms with Crippen molar-refractivity contribution in [3.63, 3.8) is 0 Å². The summed E-state index contributed by atoms with van der Waals surface area (Å²) in [5, 5.41) is 3.48. The van der Waals surface area contributed by atoms with Crippen molar-refractivity contribution in [2.45, 2.75) is 23.5 Å². The van der Waals surface area contributed by atoms with Gasteiger partial charge in [0.05, 0.1) is 9.77 Å². The number of amides is 2. The van der Waals surface area contributed by atoms with Crippen LogP contribution < -0.4 is 5.32 Å². The number of anilines is 1. The molecule has 1 aromatic rings. The molecule has 0 saturated carbocycles. The highest BCUT2D eigenvalue weighted by Gasteiger charge is 2.35. The Hall–Kier alpha value is -0.720. The molecular formula is C14H19ClN2O2S2. The van der Waals surface area contributed by atoms with Crippen LogP contribution in [0.3, 0.4) is 0 Å². The van der Waals surface area contributed by atoms with Gasteiger partial charge in [-0.05, 0) is 38.3 Å². The van der Waals surface area contributed by atoms with E-state index in [2.05, 4.69) is 5.32 Å². The van der Waals surface area contributed by atoms with E-state index in [1.165, 1.54) is 0 Å². The summed E-state index contributed by atoms with van der Waals surface area (Å²) in [5.74, 6) is 0.520. The van der Waals surface area contributed by atoms with Gasteiger partial charge in [0, 0.05) is 40.2 Å². The molecule has 7 heteroatoms. The average molecular weight is 347 g/mol. The summed E-state index contributed by atoms with van der Waals surface area (Å²) in [4.78, 5) is 15.0. The highest BCUT2D eigenvalue weighted by molar-refractivity contribution is 7.98. The molecule has 2 amide bonds. The third-order valence-corrected chi connectivity index (χ3v) is 6.56. The fourth-order valence-corrected chi connectivity index (χ4v) is 4.31. The molecule has 0 aliphatic carbocycles. The average Bonchev–Trinajstić information content (AvgIpc) is 2.42. The smallest absolute Gasteiger partial charge is 0.321 e. The van der Waals surface area contributed by atoms with Gasteiger partial charge < -0.3 is 10.2 Å². The van der Waals surface area contributed by atoms with Crippen LogP contribution in [0.1, 0.15) is 13.8 Å². The van der Waals surface area contributed by atoms with E-state index in [0.29, 0.717) is 29.6 Å². The van der Waals surface area contributed by atoms with Crippen LogP contribution >= 0.6 is 23.4 Å². The fraction of sp³-hybridized carbons (Fsp3) is 0.500. The molecule has 116 valence electrons. The molecule has 0 radical (unpaired) electrons. The Labute approximate surface area is 137 Å². The van der Waals surface area contributed by atoms with Crippen molar-refractivity contribution in [3.8, 4) is 0 Å². The lowest BCUT2D eigenvalue weighted by atomic mass is 10.2. The molecular weight excluding hydrogens is 328 g/mol. The quantitative estimate of drug-likeness (QED) is 0.834. The molecule has 1 N–H and O–H groups in total. The summed E-state index contributed by atoms with van der Waals surface area (Å²) >= 11 is 7.70. The lowest BCUT2D eigenvalue weighted by Crippen LogP contribution is -2.53. The van der Waals surface area contributed by atoms with Gasteiger partial charge in [0.15, 0.2) is 0 Å². The molecule has 2 rings (SSSR count). The Kier molecular flexibility index (Phi) is 5.22. The van der Waals surface area contributed by atoms with Crippen molar-refractivity contribution < 1.29 is 9.00 Å². The number of carbonyl (C=O) groups excluding carboxylic acids is 1. The number of benzene rings is 1. The molecule has 1 saturated heterocycles. The molecule has 1 aromatic carbocycles. The molecule has 1 unspecified atom stereocenters. The summed E-state index contributed by atoms with van der Waals surface area (Å²) in [6, 6.07) is 5.30. The van der Waals surface area contributed by atoms with Gasteiger partial charge in [0.1, 0.15) is 0 Å². The maximum Gasteiger partial charge on any atom is 0.321 e. The Morgan fingerprint density at radius 2 is 2.19 bits per heavy atom. The summed E-state index contributed by atoms with van der Waals surface area (Å²) < 4.78 is 11.5. The third-order valence-electron chi connectivity index (χ3n) is 3.42. The zero-order valence-electron chi connectivity index (χ0n) is 12.3. The molecule has 1 aliphatic heterocycles. The van der Waals surface area contributed by atoms with Crippen LogP contribution in [-0.4, -0.2) is 45.0 Å². The minimum absolute atomic E-state index is 0.173. The van der Waals surface area contributed by atoms with E-state index < -0.39 is 10.8 Å². The van der Waals surface area contributed by atoms with Gasteiger partial charge in [-0.15, -0.1) is 11.8 Å². The fourth-order valence-electron chi connectivity index (χ4n) is 2.20. The molecule has 1 atom stereocenters. The summed E-state index contributed by atoms with van der Waals surface area (Å²) in [7, 11) is -0.888. The lowest BCUT2D eigenvalue weighted by Gasteiger charge is -2.37. The van der Waals surface area contributed by atoms with Crippen molar-refractivity contribution in [2.24, 2.45) is 0 Å². The minimum atomic E-state index is -0.888. The van der Waals surface area contributed by atoms with Crippen molar-refractivity contribution >= 4 is 45.9 Å². The lowest BCUT2D eigenvalue weighted by molar-refractivity contribution is 0.207. The van der Waals surface area contributed by atoms with Gasteiger partial charge in [-0.2, -0.15) is 0 Å². The predicted octanol–water partition coefficient (Wildman–Crippen LogP) is 3.44. The number of hydrogen-bond donors (Lipinski definition) is 1. The van der Waals surface area contributed by atoms with E-state index in [1.807, 2.05) is 32.2 Å². The summed E-state index contributed by atoms with van der Waals surface area (Å²) in [6.07, 6.45) is 1.95. The van der Waals surface area contributed by atoms with Crippen LogP contribution in [-0.2, 0) is 10.8 Å². The number of halogens is 1. The zero-order valence-corrected chi connectivity index (χ0v) is 14.7. The van der Waals surface area contributed by atoms with Crippen LogP contribution in [0.15, 0.2) is 23.1 Å². The van der Waals surface area contributed by atoms with Crippen molar-refractivity contribution in [1.82, 2.24) is 4.90 Å². The Bertz CT molecular complexity index is 578. The standard InChI is InChI=1S/C14H19ClN2O2S2/c1-14(2)9-17(6-7-21(14)19)13(18)16-10-4-5-12(20-3)11(15)8-10/h4-5,8H,6-7,9H2,1-3H3,(H,16,18). The number of rotatable bonds is 2. The van der Waals surface area contributed by atoms with Crippen molar-refractivity contribution in [2.75, 3.05) is 30.4 Å². The van der Waals surface area contributed by atoms with E-state index in [0.717, 1.165) is 4.90 Å². The van der Waals surface area contributed by atoms with Gasteiger partial charge in [0.25, 0.3) is 0 Å². The molecule has 0 aromatic heterocycles. The molecule has 4 nitrogen and oxygen atoms in total. The van der Waals surface area contributed by atoms with Crippen LogP contribution in [0.4, 0.5) is 10.5 Å². The number of carbonyl (C=O) groups is 1. The maximum absolute atomic E-state index is 12.3. The van der Waals surface area contributed by atoms with Crippen LogP contribution in [0, 0.1) is 0 Å². The maximum atomic E-state index is 12.3. The second-order valence-corrected chi connectivity index (χ2v) is 8.97. The monoisotopic (exact) mass is 346 g/mol. The van der Waals surface area contributed by atoms with E-state index in [1.54, 1.807) is 22.7 Å². The van der Waals surface area contributed by atoms with Crippen molar-refractivity contribution in [3.05, 3.63) is 23.2 Å². The second-order valence-electron chi connectivity index (χ2n) is 5.51. The number of urea groups is 1. The number of thioether (sulfide) groups is 1. The number of nitrogens with one attached hydrogen (secondary N) is 1. The van der Waals surface area contributed by atoms with Crippen LogP contribution in [0.2, 0.25) is 5.02 Å². The molecule has 1 heterocycles. The van der Waals surface area contributed by atoms with Gasteiger partial charge in [-0.1, -0.05) is 11.6 Å². The largest absolute Gasteiger partial charge is 0.322 e. The first-order chi connectivity index (χ1) is 9.83. The number of nitrogens with zero attached hydrogens (tertiary/aromatic N) is 1. The first kappa shape index (κ1) is 16.6. The van der Waals surface area contributed by atoms with Gasteiger partial charge in [0.2, 0.25) is 0 Å². The first-order valence-electron chi connectivity index (χ1n) is 6.61. The van der Waals surface area contributed by atoms with E-state index in [-0.39, 0.29) is 10.8 Å². The summed E-state index contributed by atoms with van der Waals surface area (Å²) in [5.41, 5.74) is 0.673. The van der Waals surface area contributed by atoms with E-state index in [4.69, 9.17) is 11.6 Å². The number of hydrogen-bond acceptors (Lipinski definition) is 3. The van der Waals surface area contributed by atoms with E-state index in [9.17, 15) is 9.00 Å². The van der Waals surface area contributed by atoms with Gasteiger partial charge >= 0.3 is 6.03 Å². The normalized spacial score (nSPS) is 21.1. The van der Waals surface area contributed by atoms with E-state index >= 15 is 0 Å². The summed E-state index contributed by atoms with van der Waals surface area (Å²) in [6.45, 7) is 4.85. The SMILES string of the molecule is CSc1ccc(NC(=O)N2CCS(=O)C(C)(C)C2)cc1Cl. The highest BCUT2D eigenvalue weighted by atomic mass is 35.5. The topological polar surface area (TPSA) is 49.4 Å². The molecule has 1 aliphatic rings. The molecule has 0 bridgehead atoms. The first-order valence-corrected chi connectivity index (χ1v) is 9.53. The Morgan fingerprint density at radius 3 is 2.76 bits per heavy atom. The third kappa shape index (κ3) is 3.93. The molecule has 0 spiro atoms. The highest BCUT2D eigenvalue weighted by Crippen LogP contribution is 2.28.